The third-order valence-corrected chi connectivity index (χ3v) is 9.89. The van der Waals surface area contributed by atoms with Gasteiger partial charge in [-0.1, -0.05) is 120 Å². The maximum Gasteiger partial charge on any atom is 0.306 e. The molecule has 0 aromatic heterocycles. The first kappa shape index (κ1) is 53.7. The summed E-state index contributed by atoms with van der Waals surface area (Å²) in [7, 11) is 1.10. The molecule has 3 atom stereocenters. The minimum Gasteiger partial charge on any atom is -0.756 e. The van der Waals surface area contributed by atoms with E-state index in [9.17, 15) is 24.2 Å². The number of hydrogen-bond donors (Lipinski definition) is 1. The molecule has 0 aliphatic rings. The quantitative estimate of drug-likeness (QED) is 0.0213. The molecule has 0 saturated heterocycles. The number of rotatable bonds is 38. The molecule has 324 valence electrons. The highest BCUT2D eigenvalue weighted by molar-refractivity contribution is 7.45. The molecule has 0 spiro atoms. The van der Waals surface area contributed by atoms with Gasteiger partial charge in [0.15, 0.2) is 6.10 Å². The first-order valence-corrected chi connectivity index (χ1v) is 23.0. The Balaban J connectivity index is 4.51. The number of quaternary nitrogens is 1. The summed E-state index contributed by atoms with van der Waals surface area (Å²) in [5.74, 6) is -0.934. The maximum absolute atomic E-state index is 12.6. The third kappa shape index (κ3) is 39.9. The molecular weight excluding hydrogens is 729 g/mol. The van der Waals surface area contributed by atoms with Crippen molar-refractivity contribution in [3.63, 3.8) is 0 Å². The van der Waals surface area contributed by atoms with Crippen molar-refractivity contribution in [1.82, 2.24) is 0 Å². The number of unbranched alkanes of at least 4 members (excludes halogenated alkanes) is 11. The van der Waals surface area contributed by atoms with Crippen LogP contribution >= 0.6 is 7.82 Å². The second kappa shape index (κ2) is 37.0. The number of nitrogens with zero attached hydrogens (tertiary/aromatic N) is 1. The Morgan fingerprint density at radius 2 is 1.14 bits per heavy atom. The van der Waals surface area contributed by atoms with Crippen LogP contribution in [0.3, 0.4) is 0 Å². The van der Waals surface area contributed by atoms with Gasteiger partial charge in [0.05, 0.1) is 33.9 Å². The van der Waals surface area contributed by atoms with Crippen molar-refractivity contribution in [2.75, 3.05) is 47.5 Å². The van der Waals surface area contributed by atoms with Gasteiger partial charge in [-0.25, -0.2) is 0 Å². The monoisotopic (exact) mass is 810 g/mol. The topological polar surface area (TPSA) is 131 Å². The molecule has 0 heterocycles. The number of phosphoric ester groups is 1. The average Bonchev–Trinajstić information content (AvgIpc) is 3.15. The summed E-state index contributed by atoms with van der Waals surface area (Å²) in [6.07, 6.45) is 40.5. The normalized spacial score (nSPS) is 14.8. The average molecular weight is 810 g/mol. The number of phosphoric acid groups is 1. The number of carbonyl (C=O) groups excluding carboxylic acids is 2. The zero-order chi connectivity index (χ0) is 41.6. The number of aliphatic hydroxyl groups is 1. The summed E-state index contributed by atoms with van der Waals surface area (Å²) in [6, 6.07) is 0. The summed E-state index contributed by atoms with van der Waals surface area (Å²) in [5.41, 5.74) is 0. The van der Waals surface area contributed by atoms with Crippen LogP contribution in [0.4, 0.5) is 0 Å². The van der Waals surface area contributed by atoms with Crippen LogP contribution in [0, 0.1) is 0 Å². The number of ether oxygens (including phenoxy) is 2. The van der Waals surface area contributed by atoms with Gasteiger partial charge < -0.3 is 33.0 Å². The first-order valence-electron chi connectivity index (χ1n) is 21.6. The predicted molar refractivity (Wildman–Crippen MR) is 228 cm³/mol. The van der Waals surface area contributed by atoms with E-state index in [0.717, 1.165) is 70.6 Å². The maximum atomic E-state index is 12.6. The first-order chi connectivity index (χ1) is 26.9. The van der Waals surface area contributed by atoms with E-state index in [0.29, 0.717) is 30.3 Å². The van der Waals surface area contributed by atoms with E-state index in [-0.39, 0.29) is 32.2 Å². The Morgan fingerprint density at radius 1 is 0.643 bits per heavy atom. The fraction of sp³-hybridized carbons (Fsp3) is 0.733. The number of allylic oxidation sites excluding steroid dienone is 10. The number of carbonyl (C=O) groups is 2. The minimum atomic E-state index is -4.65. The zero-order valence-electron chi connectivity index (χ0n) is 35.9. The van der Waals surface area contributed by atoms with E-state index in [1.807, 2.05) is 34.1 Å². The summed E-state index contributed by atoms with van der Waals surface area (Å²) in [5, 5.41) is 9.56. The lowest BCUT2D eigenvalue weighted by Gasteiger charge is -2.28. The fourth-order valence-corrected chi connectivity index (χ4v) is 6.05. The van der Waals surface area contributed by atoms with E-state index in [2.05, 4.69) is 61.6 Å². The lowest BCUT2D eigenvalue weighted by molar-refractivity contribution is -0.870. The van der Waals surface area contributed by atoms with Crippen molar-refractivity contribution in [2.24, 2.45) is 0 Å². The lowest BCUT2D eigenvalue weighted by atomic mass is 10.1. The van der Waals surface area contributed by atoms with Gasteiger partial charge in [-0.3, -0.25) is 14.2 Å². The second-order valence-corrected chi connectivity index (χ2v) is 16.9. The van der Waals surface area contributed by atoms with Gasteiger partial charge in [-0.15, -0.1) is 0 Å². The van der Waals surface area contributed by atoms with E-state index >= 15 is 0 Å². The summed E-state index contributed by atoms with van der Waals surface area (Å²) in [4.78, 5) is 37.5. The van der Waals surface area contributed by atoms with E-state index < -0.39 is 32.5 Å². The van der Waals surface area contributed by atoms with Gasteiger partial charge in [-0.05, 0) is 83.5 Å². The molecule has 0 saturated carbocycles. The summed E-state index contributed by atoms with van der Waals surface area (Å²) in [6.45, 7) is 3.83. The molecule has 0 rings (SSSR count). The molecule has 56 heavy (non-hydrogen) atoms. The van der Waals surface area contributed by atoms with Gasteiger partial charge in [0.2, 0.25) is 0 Å². The Kier molecular flexibility index (Phi) is 35.4. The smallest absolute Gasteiger partial charge is 0.306 e. The second-order valence-electron chi connectivity index (χ2n) is 15.5. The van der Waals surface area contributed by atoms with Crippen LogP contribution < -0.4 is 4.89 Å². The Bertz CT molecular complexity index is 1160. The van der Waals surface area contributed by atoms with Crippen LogP contribution in [0.2, 0.25) is 0 Å². The zero-order valence-corrected chi connectivity index (χ0v) is 36.8. The van der Waals surface area contributed by atoms with Crippen LogP contribution in [-0.4, -0.2) is 81.2 Å². The van der Waals surface area contributed by atoms with Gasteiger partial charge in [0.25, 0.3) is 7.82 Å². The Morgan fingerprint density at radius 3 is 1.73 bits per heavy atom. The van der Waals surface area contributed by atoms with Crippen molar-refractivity contribution < 1.29 is 47.2 Å². The number of esters is 2. The number of aliphatic hydroxyl groups excluding tert-OH is 1. The predicted octanol–water partition coefficient (Wildman–Crippen LogP) is 10.4. The summed E-state index contributed by atoms with van der Waals surface area (Å²) >= 11 is 0. The molecule has 10 nitrogen and oxygen atoms in total. The van der Waals surface area contributed by atoms with Crippen molar-refractivity contribution >= 4 is 19.8 Å². The van der Waals surface area contributed by atoms with Crippen molar-refractivity contribution in [3.05, 3.63) is 60.8 Å². The minimum absolute atomic E-state index is 0.0509. The van der Waals surface area contributed by atoms with Crippen LogP contribution in [0.15, 0.2) is 60.8 Å². The van der Waals surface area contributed by atoms with Crippen LogP contribution in [0.5, 0.6) is 0 Å². The molecule has 3 unspecified atom stereocenters. The SMILES string of the molecule is CCCCCCC/C=C\CCCCCCCC(=O)OCC(COP(=O)([O-])OCC[N+](C)(C)C)OC(=O)CCC/C=C\C/C=C\C/C=C\C/C=C\CCC(O)CC. The number of hydrogen-bond acceptors (Lipinski definition) is 9. The van der Waals surface area contributed by atoms with Crippen molar-refractivity contribution in [1.29, 1.82) is 0 Å². The standard InChI is InChI=1S/C45H80NO9P/c1-6-8-9-10-11-12-13-14-18-21-24-27-30-33-36-44(48)52-40-43(41-54-56(50,51)53-39-38-46(3,4)5)55-45(49)37-34-31-28-25-22-19-16-15-17-20-23-26-29-32-35-42(47)7-2/h13-14,16-17,19-20,25-26,28-29,42-43,47H,6-12,15,18,21-24,27,30-41H2,1-5H3/b14-13-,19-16-,20-17-,28-25-,29-26-. The van der Waals surface area contributed by atoms with Crippen LogP contribution in [0.1, 0.15) is 155 Å². The highest BCUT2D eigenvalue weighted by Gasteiger charge is 2.21. The third-order valence-electron chi connectivity index (χ3n) is 8.92. The van der Waals surface area contributed by atoms with E-state index in [1.165, 1.54) is 38.5 Å². The molecule has 0 amide bonds. The van der Waals surface area contributed by atoms with Crippen molar-refractivity contribution in [3.8, 4) is 0 Å². The van der Waals surface area contributed by atoms with E-state index in [1.54, 1.807) is 0 Å². The molecule has 1 N–H and O–H groups in total. The Labute approximate surface area is 341 Å². The highest BCUT2D eigenvalue weighted by Crippen LogP contribution is 2.38. The highest BCUT2D eigenvalue weighted by atomic mass is 31.2. The lowest BCUT2D eigenvalue weighted by Crippen LogP contribution is -2.37. The van der Waals surface area contributed by atoms with Gasteiger partial charge in [0, 0.05) is 12.8 Å². The van der Waals surface area contributed by atoms with Gasteiger partial charge in [-0.2, -0.15) is 0 Å². The Hall–Kier alpha value is -2.33. The van der Waals surface area contributed by atoms with Crippen LogP contribution in [0.25, 0.3) is 0 Å². The largest absolute Gasteiger partial charge is 0.756 e. The molecule has 11 heteroatoms. The molecule has 0 bridgehead atoms. The molecule has 0 aliphatic carbocycles. The number of likely N-dealkylation sites (N-methyl/N-ethyl adjacent to an activating group) is 1. The van der Waals surface area contributed by atoms with Crippen LogP contribution in [-0.2, 0) is 32.7 Å². The molecule has 0 aromatic carbocycles. The summed E-state index contributed by atoms with van der Waals surface area (Å²) < 4.78 is 33.8. The van der Waals surface area contributed by atoms with Gasteiger partial charge >= 0.3 is 11.9 Å². The molecule has 0 aromatic rings. The van der Waals surface area contributed by atoms with Crippen molar-refractivity contribution in [2.45, 2.75) is 167 Å². The molecule has 0 fully saturated rings. The fourth-order valence-electron chi connectivity index (χ4n) is 5.33. The molecular formula is C45H80NO9P. The molecule has 0 radical (unpaired) electrons. The molecule has 0 aliphatic heterocycles. The van der Waals surface area contributed by atoms with Gasteiger partial charge in [0.1, 0.15) is 19.8 Å². The van der Waals surface area contributed by atoms with E-state index in [4.69, 9.17) is 18.5 Å².